The molecule has 0 aromatic carbocycles. The molecule has 3 N–H and O–H groups in total. The van der Waals surface area contributed by atoms with Crippen molar-refractivity contribution in [1.82, 2.24) is 5.32 Å². The van der Waals surface area contributed by atoms with Crippen LogP contribution in [0.4, 0.5) is 0 Å². The quantitative estimate of drug-likeness (QED) is 0.567. The van der Waals surface area contributed by atoms with Crippen LogP contribution in [0, 0.1) is 5.41 Å². The minimum atomic E-state index is 0.204. The monoisotopic (exact) mass is 282 g/mol. The summed E-state index contributed by atoms with van der Waals surface area (Å²) in [7, 11) is 0. The normalized spacial score (nSPS) is 17.3. The van der Waals surface area contributed by atoms with Gasteiger partial charge < -0.3 is 11.1 Å². The van der Waals surface area contributed by atoms with Gasteiger partial charge in [0.15, 0.2) is 0 Å². The molecule has 1 saturated carbocycles. The van der Waals surface area contributed by atoms with Gasteiger partial charge in [0.2, 0.25) is 5.91 Å². The zero-order chi connectivity index (χ0) is 14.7. The van der Waals surface area contributed by atoms with Gasteiger partial charge in [0, 0.05) is 13.0 Å². The molecule has 1 aliphatic rings. The van der Waals surface area contributed by atoms with E-state index < -0.39 is 0 Å². The Bertz CT molecular complexity index is 260. The smallest absolute Gasteiger partial charge is 0.220 e. The van der Waals surface area contributed by atoms with Crippen LogP contribution in [0.1, 0.15) is 84.0 Å². The van der Waals surface area contributed by atoms with E-state index in [9.17, 15) is 4.79 Å². The second kappa shape index (κ2) is 10.2. The number of nitrogens with one attached hydrogen (secondary N) is 1. The number of nitrogens with two attached hydrogens (primary N) is 1. The van der Waals surface area contributed by atoms with Crippen molar-refractivity contribution >= 4 is 5.91 Å². The molecule has 0 aliphatic heterocycles. The lowest BCUT2D eigenvalue weighted by Crippen LogP contribution is -2.40. The second-order valence-corrected chi connectivity index (χ2v) is 6.56. The summed E-state index contributed by atoms with van der Waals surface area (Å²) < 4.78 is 0. The molecule has 0 aromatic rings. The number of hydrogen-bond acceptors (Lipinski definition) is 2. The van der Waals surface area contributed by atoms with Crippen LogP contribution in [0.5, 0.6) is 0 Å². The van der Waals surface area contributed by atoms with Crippen LogP contribution in [0.25, 0.3) is 0 Å². The molecule has 20 heavy (non-hydrogen) atoms. The molecule has 0 spiro atoms. The standard InChI is InChI=1S/C17H34N2O/c1-2-3-4-5-6-7-8-11-16(20)19-15-17(14-18)12-9-10-13-17/h2-15,18H2,1H3,(H,19,20). The van der Waals surface area contributed by atoms with Gasteiger partial charge in [-0.3, -0.25) is 4.79 Å². The Morgan fingerprint density at radius 1 is 1.05 bits per heavy atom. The fourth-order valence-corrected chi connectivity index (χ4v) is 3.20. The van der Waals surface area contributed by atoms with E-state index in [2.05, 4.69) is 12.2 Å². The third kappa shape index (κ3) is 6.74. The van der Waals surface area contributed by atoms with Crippen LogP contribution in [-0.4, -0.2) is 19.0 Å². The summed E-state index contributed by atoms with van der Waals surface area (Å²) in [4.78, 5) is 11.8. The van der Waals surface area contributed by atoms with Gasteiger partial charge in [0.05, 0.1) is 0 Å². The summed E-state index contributed by atoms with van der Waals surface area (Å²) in [6, 6.07) is 0. The van der Waals surface area contributed by atoms with E-state index in [1.54, 1.807) is 0 Å². The molecule has 1 rings (SSSR count). The summed E-state index contributed by atoms with van der Waals surface area (Å²) in [6.07, 6.45) is 14.4. The molecule has 118 valence electrons. The molecular weight excluding hydrogens is 248 g/mol. The van der Waals surface area contributed by atoms with Crippen LogP contribution < -0.4 is 11.1 Å². The molecular formula is C17H34N2O. The zero-order valence-electron chi connectivity index (χ0n) is 13.4. The Balaban J connectivity index is 2.00. The van der Waals surface area contributed by atoms with Crippen LogP contribution >= 0.6 is 0 Å². The van der Waals surface area contributed by atoms with Gasteiger partial charge in [0.25, 0.3) is 0 Å². The second-order valence-electron chi connectivity index (χ2n) is 6.56. The number of amides is 1. The van der Waals surface area contributed by atoms with E-state index in [0.717, 1.165) is 13.0 Å². The molecule has 0 bridgehead atoms. The summed E-state index contributed by atoms with van der Waals surface area (Å²) in [5, 5.41) is 3.11. The summed E-state index contributed by atoms with van der Waals surface area (Å²) in [6.45, 7) is 3.74. The average Bonchev–Trinajstić information content (AvgIpc) is 2.94. The SMILES string of the molecule is CCCCCCCCCC(=O)NCC1(CN)CCCC1. The molecule has 0 heterocycles. The van der Waals surface area contributed by atoms with Crippen molar-refractivity contribution in [3.8, 4) is 0 Å². The van der Waals surface area contributed by atoms with Crippen molar-refractivity contribution in [2.75, 3.05) is 13.1 Å². The number of carbonyl (C=O) groups excluding carboxylic acids is 1. The molecule has 1 fully saturated rings. The van der Waals surface area contributed by atoms with E-state index in [0.29, 0.717) is 13.0 Å². The molecule has 1 aliphatic carbocycles. The van der Waals surface area contributed by atoms with Crippen molar-refractivity contribution in [3.05, 3.63) is 0 Å². The van der Waals surface area contributed by atoms with Crippen molar-refractivity contribution < 1.29 is 4.79 Å². The molecule has 0 atom stereocenters. The number of carbonyl (C=O) groups is 1. The predicted octanol–water partition coefficient (Wildman–Crippen LogP) is 3.76. The molecule has 0 unspecified atom stereocenters. The fourth-order valence-electron chi connectivity index (χ4n) is 3.20. The van der Waals surface area contributed by atoms with Gasteiger partial charge in [-0.2, -0.15) is 0 Å². The van der Waals surface area contributed by atoms with E-state index in [-0.39, 0.29) is 11.3 Å². The van der Waals surface area contributed by atoms with Crippen LogP contribution in [-0.2, 0) is 4.79 Å². The van der Waals surface area contributed by atoms with Crippen LogP contribution in [0.2, 0.25) is 0 Å². The third-order valence-corrected chi connectivity index (χ3v) is 4.77. The van der Waals surface area contributed by atoms with Gasteiger partial charge in [-0.15, -0.1) is 0 Å². The molecule has 0 aromatic heterocycles. The highest BCUT2D eigenvalue weighted by atomic mass is 16.1. The van der Waals surface area contributed by atoms with Gasteiger partial charge in [-0.05, 0) is 31.2 Å². The van der Waals surface area contributed by atoms with Crippen molar-refractivity contribution in [1.29, 1.82) is 0 Å². The fraction of sp³-hybridized carbons (Fsp3) is 0.941. The first-order valence-electron chi connectivity index (χ1n) is 8.69. The van der Waals surface area contributed by atoms with Crippen molar-refractivity contribution in [3.63, 3.8) is 0 Å². The zero-order valence-corrected chi connectivity index (χ0v) is 13.4. The first-order chi connectivity index (χ1) is 9.72. The topological polar surface area (TPSA) is 55.1 Å². The van der Waals surface area contributed by atoms with Gasteiger partial charge in [-0.1, -0.05) is 58.3 Å². The highest BCUT2D eigenvalue weighted by Gasteiger charge is 2.32. The lowest BCUT2D eigenvalue weighted by molar-refractivity contribution is -0.121. The maximum atomic E-state index is 11.8. The molecule has 0 radical (unpaired) electrons. The average molecular weight is 282 g/mol. The number of unbranched alkanes of at least 4 members (excludes halogenated alkanes) is 6. The number of rotatable bonds is 11. The maximum absolute atomic E-state index is 11.8. The highest BCUT2D eigenvalue weighted by molar-refractivity contribution is 5.75. The Hall–Kier alpha value is -0.570. The van der Waals surface area contributed by atoms with Crippen molar-refractivity contribution in [2.24, 2.45) is 11.1 Å². The Kier molecular flexibility index (Phi) is 8.92. The van der Waals surface area contributed by atoms with E-state index in [4.69, 9.17) is 5.73 Å². The van der Waals surface area contributed by atoms with Crippen LogP contribution in [0.3, 0.4) is 0 Å². The first kappa shape index (κ1) is 17.5. The minimum absolute atomic E-state index is 0.204. The highest BCUT2D eigenvalue weighted by Crippen LogP contribution is 2.36. The Labute approximate surface area is 125 Å². The first-order valence-corrected chi connectivity index (χ1v) is 8.69. The van der Waals surface area contributed by atoms with E-state index in [1.165, 1.54) is 64.2 Å². The molecule has 3 heteroatoms. The van der Waals surface area contributed by atoms with Crippen molar-refractivity contribution in [2.45, 2.75) is 84.0 Å². The summed E-state index contributed by atoms with van der Waals surface area (Å²) >= 11 is 0. The maximum Gasteiger partial charge on any atom is 0.220 e. The lowest BCUT2D eigenvalue weighted by atomic mass is 9.86. The van der Waals surface area contributed by atoms with Gasteiger partial charge in [0.1, 0.15) is 0 Å². The van der Waals surface area contributed by atoms with E-state index >= 15 is 0 Å². The molecule has 3 nitrogen and oxygen atoms in total. The largest absolute Gasteiger partial charge is 0.355 e. The van der Waals surface area contributed by atoms with Crippen LogP contribution in [0.15, 0.2) is 0 Å². The lowest BCUT2D eigenvalue weighted by Gasteiger charge is -2.27. The Morgan fingerprint density at radius 3 is 2.25 bits per heavy atom. The Morgan fingerprint density at radius 2 is 1.65 bits per heavy atom. The molecule has 1 amide bonds. The van der Waals surface area contributed by atoms with Gasteiger partial charge in [-0.25, -0.2) is 0 Å². The predicted molar refractivity (Wildman–Crippen MR) is 85.6 cm³/mol. The van der Waals surface area contributed by atoms with E-state index in [1.807, 2.05) is 0 Å². The summed E-state index contributed by atoms with van der Waals surface area (Å²) in [5.41, 5.74) is 6.09. The number of hydrogen-bond donors (Lipinski definition) is 2. The van der Waals surface area contributed by atoms with Gasteiger partial charge >= 0.3 is 0 Å². The minimum Gasteiger partial charge on any atom is -0.355 e. The third-order valence-electron chi connectivity index (χ3n) is 4.77. The molecule has 0 saturated heterocycles. The summed E-state index contributed by atoms with van der Waals surface area (Å²) in [5.74, 6) is 0.221.